The van der Waals surface area contributed by atoms with Crippen molar-refractivity contribution in [2.75, 3.05) is 13.1 Å². The number of piperidine rings is 1. The minimum atomic E-state index is 0.111. The number of aryl methyl sites for hydroxylation is 1. The highest BCUT2D eigenvalue weighted by Crippen LogP contribution is 2.29. The highest BCUT2D eigenvalue weighted by molar-refractivity contribution is 6.30. The Balaban J connectivity index is 1.31. The summed E-state index contributed by atoms with van der Waals surface area (Å²) in [6.07, 6.45) is 5.47. The second kappa shape index (κ2) is 9.82. The molecule has 31 heavy (non-hydrogen) atoms. The topological polar surface area (TPSA) is 62.3 Å². The van der Waals surface area contributed by atoms with E-state index in [2.05, 4.69) is 36.5 Å². The van der Waals surface area contributed by atoms with Gasteiger partial charge in [-0.3, -0.25) is 14.6 Å². The maximum atomic E-state index is 12.6. The maximum Gasteiger partial charge on any atom is 0.222 e. The summed E-state index contributed by atoms with van der Waals surface area (Å²) in [5.74, 6) is 0.710. The van der Waals surface area contributed by atoms with Gasteiger partial charge in [-0.2, -0.15) is 0 Å². The largest absolute Gasteiger partial charge is 0.353 e. The molecule has 0 aliphatic carbocycles. The molecule has 2 aromatic rings. The molecule has 6 heteroatoms. The predicted molar refractivity (Wildman–Crippen MR) is 122 cm³/mol. The Morgan fingerprint density at radius 3 is 2.55 bits per heavy atom. The van der Waals surface area contributed by atoms with Crippen LogP contribution in [0.15, 0.2) is 36.4 Å². The second-order valence-corrected chi connectivity index (χ2v) is 9.28. The number of amides is 2. The van der Waals surface area contributed by atoms with Crippen molar-refractivity contribution >= 4 is 23.4 Å². The molecule has 3 heterocycles. The van der Waals surface area contributed by atoms with E-state index >= 15 is 0 Å². The number of hydrogen-bond acceptors (Lipinski definition) is 3. The molecule has 0 unspecified atom stereocenters. The van der Waals surface area contributed by atoms with Crippen molar-refractivity contribution in [2.24, 2.45) is 0 Å². The molecular weight excluding hydrogens is 410 g/mol. The van der Waals surface area contributed by atoms with Crippen molar-refractivity contribution in [2.45, 2.75) is 63.8 Å². The summed E-state index contributed by atoms with van der Waals surface area (Å²) in [5, 5.41) is 3.70. The minimum absolute atomic E-state index is 0.111. The number of likely N-dealkylation sites (tertiary alicyclic amines) is 1. The van der Waals surface area contributed by atoms with E-state index in [1.165, 1.54) is 11.1 Å². The first-order valence-electron chi connectivity index (χ1n) is 11.3. The molecule has 1 atom stereocenters. The van der Waals surface area contributed by atoms with E-state index in [0.29, 0.717) is 18.8 Å². The zero-order chi connectivity index (χ0) is 21.8. The minimum Gasteiger partial charge on any atom is -0.353 e. The standard InChI is InChI=1S/C25H30ClN3O2/c1-17-14-19(15-18-2-4-21(26)5-3-18)16-23(27-17)20-10-12-29(13-11-20)25(31)9-7-22-6-8-24(30)28-22/h2-5,14,16,20,22H,6-13,15H2,1H3,(H,28,30)/t22-/m0/s1. The monoisotopic (exact) mass is 439 g/mol. The van der Waals surface area contributed by atoms with Crippen LogP contribution in [0.5, 0.6) is 0 Å². The number of benzene rings is 1. The Morgan fingerprint density at radius 2 is 1.87 bits per heavy atom. The van der Waals surface area contributed by atoms with Crippen LogP contribution in [-0.4, -0.2) is 40.8 Å². The van der Waals surface area contributed by atoms with Crippen molar-refractivity contribution < 1.29 is 9.59 Å². The predicted octanol–water partition coefficient (Wildman–Crippen LogP) is 4.40. The van der Waals surface area contributed by atoms with Crippen molar-refractivity contribution in [1.29, 1.82) is 0 Å². The van der Waals surface area contributed by atoms with Crippen LogP contribution in [0.1, 0.15) is 67.0 Å². The number of nitrogens with one attached hydrogen (secondary N) is 1. The van der Waals surface area contributed by atoms with Gasteiger partial charge in [0.2, 0.25) is 11.8 Å². The normalized spacial score (nSPS) is 19.5. The van der Waals surface area contributed by atoms with Crippen LogP contribution in [0.2, 0.25) is 5.02 Å². The number of halogens is 1. The van der Waals surface area contributed by atoms with Gasteiger partial charge < -0.3 is 10.2 Å². The summed E-state index contributed by atoms with van der Waals surface area (Å²) in [7, 11) is 0. The first-order chi connectivity index (χ1) is 15.0. The summed E-state index contributed by atoms with van der Waals surface area (Å²) in [6.45, 7) is 3.61. The van der Waals surface area contributed by atoms with Crippen LogP contribution in [0.4, 0.5) is 0 Å². The summed E-state index contributed by atoms with van der Waals surface area (Å²) < 4.78 is 0. The molecule has 2 amide bonds. The van der Waals surface area contributed by atoms with Crippen molar-refractivity contribution in [3.05, 3.63) is 63.9 Å². The van der Waals surface area contributed by atoms with E-state index in [1.807, 2.05) is 17.0 Å². The van der Waals surface area contributed by atoms with E-state index in [4.69, 9.17) is 16.6 Å². The Kier molecular flexibility index (Phi) is 6.91. The summed E-state index contributed by atoms with van der Waals surface area (Å²) in [6, 6.07) is 12.5. The van der Waals surface area contributed by atoms with Gasteiger partial charge in [0.05, 0.1) is 0 Å². The Hall–Kier alpha value is -2.40. The van der Waals surface area contributed by atoms with Gasteiger partial charge in [-0.05, 0) is 74.4 Å². The number of aromatic nitrogens is 1. The molecule has 1 aromatic heterocycles. The quantitative estimate of drug-likeness (QED) is 0.725. The number of carbonyl (C=O) groups is 2. The number of nitrogens with zero attached hydrogens (tertiary/aromatic N) is 2. The molecule has 2 aliphatic rings. The first kappa shape index (κ1) is 21.8. The fraction of sp³-hybridized carbons (Fsp3) is 0.480. The van der Waals surface area contributed by atoms with E-state index in [-0.39, 0.29) is 17.9 Å². The van der Waals surface area contributed by atoms with E-state index < -0.39 is 0 Å². The zero-order valence-corrected chi connectivity index (χ0v) is 18.8. The van der Waals surface area contributed by atoms with Crippen molar-refractivity contribution in [1.82, 2.24) is 15.2 Å². The average Bonchev–Trinajstić information content (AvgIpc) is 3.18. The molecule has 164 valence electrons. The van der Waals surface area contributed by atoms with Crippen molar-refractivity contribution in [3.8, 4) is 0 Å². The third-order valence-electron chi connectivity index (χ3n) is 6.41. The van der Waals surface area contributed by atoms with Crippen LogP contribution >= 0.6 is 11.6 Å². The van der Waals surface area contributed by atoms with Gasteiger partial charge in [-0.15, -0.1) is 0 Å². The number of pyridine rings is 1. The lowest BCUT2D eigenvalue weighted by molar-refractivity contribution is -0.132. The lowest BCUT2D eigenvalue weighted by Gasteiger charge is -2.32. The molecule has 0 bridgehead atoms. The summed E-state index contributed by atoms with van der Waals surface area (Å²) in [4.78, 5) is 30.7. The molecule has 1 N–H and O–H groups in total. The molecule has 2 saturated heterocycles. The summed E-state index contributed by atoms with van der Waals surface area (Å²) in [5.41, 5.74) is 4.69. The molecule has 4 rings (SSSR count). The lowest BCUT2D eigenvalue weighted by atomic mass is 9.91. The molecule has 5 nitrogen and oxygen atoms in total. The van der Waals surface area contributed by atoms with E-state index in [1.54, 1.807) is 0 Å². The third-order valence-corrected chi connectivity index (χ3v) is 6.66. The number of hydrogen-bond donors (Lipinski definition) is 1. The van der Waals surface area contributed by atoms with E-state index in [9.17, 15) is 9.59 Å². The van der Waals surface area contributed by atoms with Gasteiger partial charge in [-0.1, -0.05) is 23.7 Å². The van der Waals surface area contributed by atoms with Crippen LogP contribution in [0, 0.1) is 6.92 Å². The van der Waals surface area contributed by atoms with Crippen LogP contribution in [0.25, 0.3) is 0 Å². The van der Waals surface area contributed by atoms with Crippen LogP contribution in [-0.2, 0) is 16.0 Å². The van der Waals surface area contributed by atoms with Gasteiger partial charge in [0.25, 0.3) is 0 Å². The van der Waals surface area contributed by atoms with Gasteiger partial charge in [0.15, 0.2) is 0 Å². The SMILES string of the molecule is Cc1cc(Cc2ccc(Cl)cc2)cc(C2CCN(C(=O)CC[C@@H]3CCC(=O)N3)CC2)n1. The summed E-state index contributed by atoms with van der Waals surface area (Å²) >= 11 is 6.00. The molecule has 0 radical (unpaired) electrons. The highest BCUT2D eigenvalue weighted by atomic mass is 35.5. The Labute approximate surface area is 189 Å². The molecule has 1 aromatic carbocycles. The van der Waals surface area contributed by atoms with Gasteiger partial charge in [0.1, 0.15) is 0 Å². The van der Waals surface area contributed by atoms with Crippen LogP contribution < -0.4 is 5.32 Å². The first-order valence-corrected chi connectivity index (χ1v) is 11.6. The maximum absolute atomic E-state index is 12.6. The second-order valence-electron chi connectivity index (χ2n) is 8.84. The average molecular weight is 440 g/mol. The van der Waals surface area contributed by atoms with Crippen LogP contribution in [0.3, 0.4) is 0 Å². The fourth-order valence-corrected chi connectivity index (χ4v) is 4.82. The molecule has 0 spiro atoms. The zero-order valence-electron chi connectivity index (χ0n) is 18.1. The van der Waals surface area contributed by atoms with Gasteiger partial charge in [0, 0.05) is 54.3 Å². The molecule has 0 saturated carbocycles. The third kappa shape index (κ3) is 5.85. The number of rotatable bonds is 6. The Morgan fingerprint density at radius 1 is 1.13 bits per heavy atom. The molecular formula is C25H30ClN3O2. The smallest absolute Gasteiger partial charge is 0.222 e. The van der Waals surface area contributed by atoms with Gasteiger partial charge >= 0.3 is 0 Å². The number of carbonyl (C=O) groups excluding carboxylic acids is 2. The highest BCUT2D eigenvalue weighted by Gasteiger charge is 2.26. The molecule has 2 aliphatic heterocycles. The van der Waals surface area contributed by atoms with Gasteiger partial charge in [-0.25, -0.2) is 0 Å². The fourth-order valence-electron chi connectivity index (χ4n) is 4.69. The lowest BCUT2D eigenvalue weighted by Crippen LogP contribution is -2.38. The molecule has 2 fully saturated rings. The van der Waals surface area contributed by atoms with E-state index in [0.717, 1.165) is 61.6 Å². The Bertz CT molecular complexity index is 936. The van der Waals surface area contributed by atoms with Crippen molar-refractivity contribution in [3.63, 3.8) is 0 Å².